The highest BCUT2D eigenvalue weighted by molar-refractivity contribution is 9.10. The molecule has 1 amide bonds. The average molecular weight is 298 g/mol. The topological polar surface area (TPSA) is 117 Å². The van der Waals surface area contributed by atoms with Crippen molar-refractivity contribution in [3.63, 3.8) is 0 Å². The first-order valence-electron chi connectivity index (χ1n) is 4.54. The molecule has 0 bridgehead atoms. The molecule has 0 saturated heterocycles. The quantitative estimate of drug-likeness (QED) is 0.619. The number of H-pyrrole nitrogens is 1. The van der Waals surface area contributed by atoms with Gasteiger partial charge < -0.3 is 16.2 Å². The molecule has 0 atom stereocenters. The van der Waals surface area contributed by atoms with Crippen LogP contribution in [0.25, 0.3) is 0 Å². The first-order chi connectivity index (χ1) is 8.08. The summed E-state index contributed by atoms with van der Waals surface area (Å²) in [7, 11) is 0. The lowest BCUT2D eigenvalue weighted by Gasteiger charge is -2.06. The van der Waals surface area contributed by atoms with E-state index in [0.717, 1.165) is 0 Å². The highest BCUT2D eigenvalue weighted by Crippen LogP contribution is 2.31. The average Bonchev–Trinajstić information content (AvgIpc) is 2.72. The second kappa shape index (κ2) is 4.42. The number of benzene rings is 1. The molecular weight excluding hydrogens is 290 g/mol. The van der Waals surface area contributed by atoms with Crippen molar-refractivity contribution in [2.24, 2.45) is 0 Å². The Balaban J connectivity index is 2.21. The number of aromatic amines is 1. The van der Waals surface area contributed by atoms with E-state index in [1.165, 1.54) is 0 Å². The molecule has 0 saturated carbocycles. The summed E-state index contributed by atoms with van der Waals surface area (Å²) in [6.45, 7) is 0. The van der Waals surface area contributed by atoms with Gasteiger partial charge in [-0.05, 0) is 28.1 Å². The van der Waals surface area contributed by atoms with Gasteiger partial charge >= 0.3 is 0 Å². The minimum Gasteiger partial charge on any atom is -0.505 e. The summed E-state index contributed by atoms with van der Waals surface area (Å²) < 4.78 is 0.479. The maximum absolute atomic E-state index is 11.7. The summed E-state index contributed by atoms with van der Waals surface area (Å²) in [5.41, 5.74) is 5.54. The van der Waals surface area contributed by atoms with Gasteiger partial charge in [0, 0.05) is 0 Å². The molecule has 1 aromatic heterocycles. The van der Waals surface area contributed by atoms with Gasteiger partial charge in [-0.1, -0.05) is 6.07 Å². The predicted molar refractivity (Wildman–Crippen MR) is 64.6 cm³/mol. The molecule has 1 aromatic carbocycles. The van der Waals surface area contributed by atoms with Crippen LogP contribution in [0.4, 0.5) is 11.6 Å². The van der Waals surface area contributed by atoms with Gasteiger partial charge in [0.25, 0.3) is 5.91 Å². The van der Waals surface area contributed by atoms with Crippen LogP contribution in [0.1, 0.15) is 10.6 Å². The molecule has 0 aliphatic rings. The van der Waals surface area contributed by atoms with E-state index in [-0.39, 0.29) is 23.2 Å². The van der Waals surface area contributed by atoms with Crippen LogP contribution in [0, 0.1) is 0 Å². The first-order valence-corrected chi connectivity index (χ1v) is 5.34. The zero-order valence-corrected chi connectivity index (χ0v) is 10.0. The SMILES string of the molecule is Nc1n[nH]c(C(=O)Nc2cccc(Br)c2O)n1. The van der Waals surface area contributed by atoms with Gasteiger partial charge in [-0.15, -0.1) is 5.10 Å². The Labute approximate surface area is 104 Å². The van der Waals surface area contributed by atoms with E-state index in [0.29, 0.717) is 4.47 Å². The van der Waals surface area contributed by atoms with Crippen LogP contribution in [0.15, 0.2) is 22.7 Å². The molecule has 0 aliphatic carbocycles. The van der Waals surface area contributed by atoms with E-state index in [2.05, 4.69) is 36.4 Å². The maximum Gasteiger partial charge on any atom is 0.293 e. The zero-order chi connectivity index (χ0) is 12.4. The van der Waals surface area contributed by atoms with E-state index in [1.807, 2.05) is 0 Å². The Kier molecular flexibility index (Phi) is 2.96. The van der Waals surface area contributed by atoms with Gasteiger partial charge in [0.1, 0.15) is 0 Å². The normalized spacial score (nSPS) is 10.2. The smallest absolute Gasteiger partial charge is 0.293 e. The third-order valence-electron chi connectivity index (χ3n) is 1.95. The number of phenolic OH excluding ortho intramolecular Hbond substituents is 1. The number of para-hydroxylation sites is 1. The summed E-state index contributed by atoms with van der Waals surface area (Å²) in [5.74, 6) is -0.647. The van der Waals surface area contributed by atoms with Crippen molar-refractivity contribution < 1.29 is 9.90 Å². The van der Waals surface area contributed by atoms with Crippen LogP contribution in [-0.4, -0.2) is 26.2 Å². The van der Waals surface area contributed by atoms with Gasteiger partial charge in [-0.3, -0.25) is 9.89 Å². The Hall–Kier alpha value is -2.09. The lowest BCUT2D eigenvalue weighted by atomic mass is 10.3. The predicted octanol–water partition coefficient (Wildman–Crippen LogP) is 1.11. The number of halogens is 1. The summed E-state index contributed by atoms with van der Waals surface area (Å²) >= 11 is 3.14. The van der Waals surface area contributed by atoms with Crippen LogP contribution in [-0.2, 0) is 0 Å². The third-order valence-corrected chi connectivity index (χ3v) is 2.59. The van der Waals surface area contributed by atoms with Crippen LogP contribution < -0.4 is 11.1 Å². The summed E-state index contributed by atoms with van der Waals surface area (Å²) in [6, 6.07) is 4.88. The van der Waals surface area contributed by atoms with E-state index in [4.69, 9.17) is 5.73 Å². The highest BCUT2D eigenvalue weighted by Gasteiger charge is 2.13. The fourth-order valence-electron chi connectivity index (χ4n) is 1.17. The fourth-order valence-corrected chi connectivity index (χ4v) is 1.54. The largest absolute Gasteiger partial charge is 0.505 e. The maximum atomic E-state index is 11.7. The Morgan fingerprint density at radius 1 is 1.53 bits per heavy atom. The van der Waals surface area contributed by atoms with Gasteiger partial charge in [-0.25, -0.2) is 0 Å². The number of aromatic hydroxyl groups is 1. The number of anilines is 2. The van der Waals surface area contributed by atoms with Gasteiger partial charge in [-0.2, -0.15) is 4.98 Å². The van der Waals surface area contributed by atoms with Gasteiger partial charge in [0.2, 0.25) is 11.8 Å². The molecule has 17 heavy (non-hydrogen) atoms. The summed E-state index contributed by atoms with van der Waals surface area (Å²) in [4.78, 5) is 15.3. The minimum absolute atomic E-state index is 0.0198. The molecule has 0 aliphatic heterocycles. The molecule has 1 heterocycles. The van der Waals surface area contributed by atoms with E-state index < -0.39 is 5.91 Å². The Morgan fingerprint density at radius 2 is 2.29 bits per heavy atom. The Bertz CT molecular complexity index is 568. The lowest BCUT2D eigenvalue weighted by molar-refractivity contribution is 0.101. The van der Waals surface area contributed by atoms with Gasteiger partial charge in [0.05, 0.1) is 10.2 Å². The molecule has 2 rings (SSSR count). The van der Waals surface area contributed by atoms with Crippen LogP contribution >= 0.6 is 15.9 Å². The molecular formula is C9H8BrN5O2. The number of nitrogen functional groups attached to an aromatic ring is 1. The Morgan fingerprint density at radius 3 is 2.94 bits per heavy atom. The first kappa shape index (κ1) is 11.4. The number of rotatable bonds is 2. The van der Waals surface area contributed by atoms with Crippen molar-refractivity contribution in [1.29, 1.82) is 0 Å². The number of hydrogen-bond acceptors (Lipinski definition) is 5. The van der Waals surface area contributed by atoms with E-state index >= 15 is 0 Å². The van der Waals surface area contributed by atoms with E-state index in [9.17, 15) is 9.90 Å². The standard InChI is InChI=1S/C9H8BrN5O2/c10-4-2-1-3-5(6(4)16)12-8(17)7-13-9(11)15-14-7/h1-3,16H,(H,12,17)(H3,11,13,14,15). The molecule has 5 N–H and O–H groups in total. The summed E-state index contributed by atoms with van der Waals surface area (Å²) in [5, 5.41) is 18.0. The molecule has 8 heteroatoms. The number of aromatic nitrogens is 3. The molecule has 0 unspecified atom stereocenters. The zero-order valence-electron chi connectivity index (χ0n) is 8.44. The molecule has 0 fully saturated rings. The van der Waals surface area contributed by atoms with E-state index in [1.54, 1.807) is 18.2 Å². The van der Waals surface area contributed by atoms with Crippen LogP contribution in [0.5, 0.6) is 5.75 Å². The number of nitrogens with two attached hydrogens (primary N) is 1. The number of hydrogen-bond donors (Lipinski definition) is 4. The molecule has 2 aromatic rings. The number of nitrogens with zero attached hydrogens (tertiary/aromatic N) is 2. The number of nitrogens with one attached hydrogen (secondary N) is 2. The van der Waals surface area contributed by atoms with Crippen LogP contribution in [0.2, 0.25) is 0 Å². The van der Waals surface area contributed by atoms with Crippen molar-refractivity contribution in [1.82, 2.24) is 15.2 Å². The number of carbonyl (C=O) groups is 1. The van der Waals surface area contributed by atoms with Crippen molar-refractivity contribution in [2.75, 3.05) is 11.1 Å². The lowest BCUT2D eigenvalue weighted by Crippen LogP contribution is -2.14. The van der Waals surface area contributed by atoms with Crippen molar-refractivity contribution in [3.8, 4) is 5.75 Å². The van der Waals surface area contributed by atoms with Crippen molar-refractivity contribution >= 4 is 33.5 Å². The number of amides is 1. The fraction of sp³-hybridized carbons (Fsp3) is 0. The van der Waals surface area contributed by atoms with Crippen LogP contribution in [0.3, 0.4) is 0 Å². The minimum atomic E-state index is -0.539. The molecule has 7 nitrogen and oxygen atoms in total. The third kappa shape index (κ3) is 2.36. The molecule has 0 radical (unpaired) electrons. The second-order valence-electron chi connectivity index (χ2n) is 3.13. The highest BCUT2D eigenvalue weighted by atomic mass is 79.9. The van der Waals surface area contributed by atoms with Gasteiger partial charge in [0.15, 0.2) is 5.75 Å². The number of phenols is 1. The van der Waals surface area contributed by atoms with Crippen molar-refractivity contribution in [3.05, 3.63) is 28.5 Å². The summed E-state index contributed by atoms with van der Waals surface area (Å²) in [6.07, 6.45) is 0. The second-order valence-corrected chi connectivity index (χ2v) is 3.99. The molecule has 0 spiro atoms. The number of carbonyl (C=O) groups excluding carboxylic acids is 1. The molecule has 88 valence electrons. The monoisotopic (exact) mass is 297 g/mol. The van der Waals surface area contributed by atoms with Crippen molar-refractivity contribution in [2.45, 2.75) is 0 Å².